The summed E-state index contributed by atoms with van der Waals surface area (Å²) in [6, 6.07) is 0. The van der Waals surface area contributed by atoms with Gasteiger partial charge in [-0.1, -0.05) is 12.8 Å². The molecule has 2 N–H and O–H groups in total. The summed E-state index contributed by atoms with van der Waals surface area (Å²) >= 11 is 0. The van der Waals surface area contributed by atoms with E-state index in [1.807, 2.05) is 0 Å². The number of rotatable bonds is 4. The van der Waals surface area contributed by atoms with Gasteiger partial charge in [-0.2, -0.15) is 0 Å². The number of hydrogen-bond donors (Lipinski definition) is 1. The van der Waals surface area contributed by atoms with E-state index >= 15 is 0 Å². The van der Waals surface area contributed by atoms with Crippen molar-refractivity contribution in [3.63, 3.8) is 0 Å². The van der Waals surface area contributed by atoms with E-state index in [2.05, 4.69) is 0 Å². The van der Waals surface area contributed by atoms with Crippen molar-refractivity contribution in [3.8, 4) is 0 Å². The minimum atomic E-state index is -0.249. The predicted molar refractivity (Wildman–Crippen MR) is 53.7 cm³/mol. The molecular formula is C11H19NO2. The molecule has 0 aromatic rings. The molecule has 0 spiro atoms. The van der Waals surface area contributed by atoms with Gasteiger partial charge in [0.1, 0.15) is 0 Å². The molecule has 0 saturated heterocycles. The normalized spacial score (nSPS) is 24.9. The van der Waals surface area contributed by atoms with Gasteiger partial charge in [-0.05, 0) is 31.6 Å². The summed E-state index contributed by atoms with van der Waals surface area (Å²) in [6.07, 6.45) is 7.14. The monoisotopic (exact) mass is 197 g/mol. The molecule has 3 heteroatoms. The summed E-state index contributed by atoms with van der Waals surface area (Å²) in [4.78, 5) is 11.4. The Morgan fingerprint density at radius 1 is 1.36 bits per heavy atom. The fourth-order valence-corrected chi connectivity index (χ4v) is 2.09. The number of ether oxygens (including phenoxy) is 1. The van der Waals surface area contributed by atoms with Gasteiger partial charge in [0.05, 0.1) is 13.0 Å². The number of hydrogen-bond acceptors (Lipinski definition) is 3. The Hall–Kier alpha value is -0.570. The van der Waals surface area contributed by atoms with Gasteiger partial charge >= 0.3 is 5.97 Å². The van der Waals surface area contributed by atoms with Crippen molar-refractivity contribution in [1.29, 1.82) is 0 Å². The van der Waals surface area contributed by atoms with Crippen LogP contribution in [0.1, 0.15) is 44.9 Å². The van der Waals surface area contributed by atoms with Gasteiger partial charge in [-0.25, -0.2) is 0 Å². The number of carbonyl (C=O) groups excluding carboxylic acids is 1. The predicted octanol–water partition coefficient (Wildman–Crippen LogP) is 1.60. The van der Waals surface area contributed by atoms with Gasteiger partial charge < -0.3 is 10.5 Å². The summed E-state index contributed by atoms with van der Waals surface area (Å²) in [5, 5.41) is 0. The Kier molecular flexibility index (Phi) is 2.77. The van der Waals surface area contributed by atoms with Gasteiger partial charge in [0.25, 0.3) is 0 Å². The lowest BCUT2D eigenvalue weighted by molar-refractivity contribution is -0.145. The lowest BCUT2D eigenvalue weighted by Gasteiger charge is -2.21. The van der Waals surface area contributed by atoms with Gasteiger partial charge in [0.2, 0.25) is 0 Å². The van der Waals surface area contributed by atoms with Gasteiger partial charge in [-0.3, -0.25) is 4.79 Å². The molecule has 0 aliphatic heterocycles. The van der Waals surface area contributed by atoms with Crippen LogP contribution in [0.3, 0.4) is 0 Å². The molecule has 2 saturated carbocycles. The first-order valence-electron chi connectivity index (χ1n) is 5.62. The van der Waals surface area contributed by atoms with E-state index in [-0.39, 0.29) is 11.5 Å². The molecule has 0 amide bonds. The molecule has 80 valence electrons. The quantitative estimate of drug-likeness (QED) is 0.696. The Morgan fingerprint density at radius 3 is 2.57 bits per heavy atom. The maximum atomic E-state index is 11.4. The zero-order chi connectivity index (χ0) is 10.0. The van der Waals surface area contributed by atoms with Crippen LogP contribution in [0.4, 0.5) is 0 Å². The highest BCUT2D eigenvalue weighted by Crippen LogP contribution is 2.31. The molecule has 0 heterocycles. The number of nitrogens with two attached hydrogens (primary N) is 1. The van der Waals surface area contributed by atoms with E-state index in [1.54, 1.807) is 0 Å². The zero-order valence-electron chi connectivity index (χ0n) is 8.63. The van der Waals surface area contributed by atoms with Crippen molar-refractivity contribution in [2.75, 3.05) is 6.61 Å². The van der Waals surface area contributed by atoms with Gasteiger partial charge in [-0.15, -0.1) is 0 Å². The topological polar surface area (TPSA) is 52.3 Å². The molecule has 2 fully saturated rings. The van der Waals surface area contributed by atoms with Crippen LogP contribution >= 0.6 is 0 Å². The van der Waals surface area contributed by atoms with Crippen LogP contribution < -0.4 is 5.73 Å². The Bertz CT molecular complexity index is 217. The maximum absolute atomic E-state index is 11.4. The number of carbonyl (C=O) groups is 1. The van der Waals surface area contributed by atoms with Crippen LogP contribution in [0.5, 0.6) is 0 Å². The van der Waals surface area contributed by atoms with Crippen LogP contribution in [0.25, 0.3) is 0 Å². The van der Waals surface area contributed by atoms with Crippen molar-refractivity contribution in [2.24, 2.45) is 11.7 Å². The third-order valence-corrected chi connectivity index (χ3v) is 3.27. The van der Waals surface area contributed by atoms with Crippen molar-refractivity contribution >= 4 is 5.97 Å². The van der Waals surface area contributed by atoms with Crippen LogP contribution in [0.2, 0.25) is 0 Å². The lowest BCUT2D eigenvalue weighted by atomic mass is 9.95. The molecule has 14 heavy (non-hydrogen) atoms. The first-order chi connectivity index (χ1) is 6.68. The third-order valence-electron chi connectivity index (χ3n) is 3.27. The summed E-state index contributed by atoms with van der Waals surface area (Å²) in [6.45, 7) is 0.620. The van der Waals surface area contributed by atoms with Crippen molar-refractivity contribution in [3.05, 3.63) is 0 Å². The Balaban J connectivity index is 1.69. The molecule has 2 aliphatic rings. The summed E-state index contributed by atoms with van der Waals surface area (Å²) in [5.41, 5.74) is 5.83. The zero-order valence-corrected chi connectivity index (χ0v) is 8.63. The van der Waals surface area contributed by atoms with E-state index in [0.717, 1.165) is 25.7 Å². The van der Waals surface area contributed by atoms with Crippen molar-refractivity contribution in [2.45, 2.75) is 50.5 Å². The van der Waals surface area contributed by atoms with E-state index in [9.17, 15) is 4.79 Å². The molecular weight excluding hydrogens is 178 g/mol. The average Bonchev–Trinajstić information content (AvgIpc) is 2.87. The minimum Gasteiger partial charge on any atom is -0.465 e. The second kappa shape index (κ2) is 3.89. The van der Waals surface area contributed by atoms with Crippen molar-refractivity contribution in [1.82, 2.24) is 0 Å². The van der Waals surface area contributed by atoms with Gasteiger partial charge in [0, 0.05) is 5.54 Å². The van der Waals surface area contributed by atoms with Crippen LogP contribution in [-0.2, 0) is 9.53 Å². The van der Waals surface area contributed by atoms with Crippen LogP contribution in [0, 0.1) is 5.92 Å². The second-order valence-electron chi connectivity index (χ2n) is 4.87. The highest BCUT2D eigenvalue weighted by atomic mass is 16.5. The average molecular weight is 197 g/mol. The molecule has 0 radical (unpaired) electrons. The molecule has 0 aromatic carbocycles. The maximum Gasteiger partial charge on any atom is 0.307 e. The first-order valence-corrected chi connectivity index (χ1v) is 5.62. The largest absolute Gasteiger partial charge is 0.465 e. The standard InChI is InChI=1S/C11H19NO2/c12-11(5-1-2-6-11)7-10(13)14-8-9-3-4-9/h9H,1-8,12H2. The van der Waals surface area contributed by atoms with E-state index in [1.165, 1.54) is 12.8 Å². The van der Waals surface area contributed by atoms with Crippen LogP contribution in [0.15, 0.2) is 0 Å². The Morgan fingerprint density at radius 2 is 2.00 bits per heavy atom. The van der Waals surface area contributed by atoms with Gasteiger partial charge in [0.15, 0.2) is 0 Å². The highest BCUT2D eigenvalue weighted by molar-refractivity contribution is 5.71. The van der Waals surface area contributed by atoms with Crippen molar-refractivity contribution < 1.29 is 9.53 Å². The Labute approximate surface area is 85.0 Å². The number of esters is 1. The first kappa shape index (κ1) is 9.97. The van der Waals surface area contributed by atoms with E-state index in [0.29, 0.717) is 18.9 Å². The molecule has 2 aliphatic carbocycles. The SMILES string of the molecule is NC1(CC(=O)OCC2CC2)CCCC1. The molecule has 2 rings (SSSR count). The third kappa shape index (κ3) is 2.71. The lowest BCUT2D eigenvalue weighted by Crippen LogP contribution is -2.39. The van der Waals surface area contributed by atoms with E-state index in [4.69, 9.17) is 10.5 Å². The summed E-state index contributed by atoms with van der Waals surface area (Å²) in [5.74, 6) is 0.553. The minimum absolute atomic E-state index is 0.0960. The van der Waals surface area contributed by atoms with Crippen LogP contribution in [-0.4, -0.2) is 18.1 Å². The smallest absolute Gasteiger partial charge is 0.307 e. The molecule has 0 unspecified atom stereocenters. The van der Waals surface area contributed by atoms with E-state index < -0.39 is 0 Å². The summed E-state index contributed by atoms with van der Waals surface area (Å²) < 4.78 is 5.17. The molecule has 0 bridgehead atoms. The fourth-order valence-electron chi connectivity index (χ4n) is 2.09. The molecule has 3 nitrogen and oxygen atoms in total. The molecule has 0 aromatic heterocycles. The second-order valence-corrected chi connectivity index (χ2v) is 4.87. The highest BCUT2D eigenvalue weighted by Gasteiger charge is 2.33. The molecule has 0 atom stereocenters. The fraction of sp³-hybridized carbons (Fsp3) is 0.909. The summed E-state index contributed by atoms with van der Waals surface area (Å²) in [7, 11) is 0.